The number of hydrogen-bond donors (Lipinski definition) is 3. The van der Waals surface area contributed by atoms with Gasteiger partial charge in [-0.25, -0.2) is 17.8 Å². The van der Waals surface area contributed by atoms with E-state index in [9.17, 15) is 17.6 Å². The Morgan fingerprint density at radius 2 is 1.90 bits per heavy atom. The third kappa shape index (κ3) is 3.85. The smallest absolute Gasteiger partial charge is 0.262 e. The normalized spacial score (nSPS) is 11.4. The van der Waals surface area contributed by atoms with Crippen molar-refractivity contribution in [1.82, 2.24) is 15.2 Å². The molecular formula is C20H16FN5O3S. The summed E-state index contributed by atoms with van der Waals surface area (Å²) < 4.78 is 41.4. The SMILES string of the molecule is Cc1ccc(S(=O)(=O)Nc2ccccc2F)cc1C(=O)Nc1cnc2[nH]ncc2c1. The number of para-hydroxylation sites is 1. The lowest BCUT2D eigenvalue weighted by molar-refractivity contribution is 0.102. The van der Waals surface area contributed by atoms with Crippen molar-refractivity contribution < 1.29 is 17.6 Å². The van der Waals surface area contributed by atoms with Crippen LogP contribution in [-0.4, -0.2) is 29.5 Å². The molecule has 0 radical (unpaired) electrons. The van der Waals surface area contributed by atoms with E-state index in [1.807, 2.05) is 0 Å². The van der Waals surface area contributed by atoms with E-state index in [0.717, 1.165) is 11.5 Å². The molecule has 1 amide bonds. The van der Waals surface area contributed by atoms with E-state index in [1.165, 1.54) is 42.6 Å². The Morgan fingerprint density at radius 1 is 1.10 bits per heavy atom. The van der Waals surface area contributed by atoms with Crippen molar-refractivity contribution in [1.29, 1.82) is 0 Å². The number of halogens is 1. The van der Waals surface area contributed by atoms with Crippen LogP contribution in [0.25, 0.3) is 11.0 Å². The molecule has 4 rings (SSSR count). The Balaban J connectivity index is 1.62. The summed E-state index contributed by atoms with van der Waals surface area (Å²) in [5.74, 6) is -1.20. The van der Waals surface area contributed by atoms with Crippen LogP contribution in [-0.2, 0) is 10.0 Å². The largest absolute Gasteiger partial charge is 0.321 e. The van der Waals surface area contributed by atoms with Gasteiger partial charge in [-0.15, -0.1) is 0 Å². The van der Waals surface area contributed by atoms with Gasteiger partial charge in [-0.1, -0.05) is 18.2 Å². The quantitative estimate of drug-likeness (QED) is 0.453. The number of pyridine rings is 1. The molecule has 0 spiro atoms. The number of nitrogens with zero attached hydrogens (tertiary/aromatic N) is 2. The molecule has 0 aliphatic rings. The number of aromatic amines is 1. The fourth-order valence-electron chi connectivity index (χ4n) is 2.86. The molecule has 0 saturated carbocycles. The first-order valence-electron chi connectivity index (χ1n) is 8.82. The second kappa shape index (κ2) is 7.56. The predicted molar refractivity (Wildman–Crippen MR) is 110 cm³/mol. The lowest BCUT2D eigenvalue weighted by Gasteiger charge is -2.12. The highest BCUT2D eigenvalue weighted by atomic mass is 32.2. The fourth-order valence-corrected chi connectivity index (χ4v) is 3.96. The van der Waals surface area contributed by atoms with Gasteiger partial charge in [-0.05, 0) is 42.8 Å². The minimum absolute atomic E-state index is 0.162. The molecule has 10 heteroatoms. The van der Waals surface area contributed by atoms with Crippen molar-refractivity contribution in [2.45, 2.75) is 11.8 Å². The van der Waals surface area contributed by atoms with Gasteiger partial charge in [0.05, 0.1) is 28.7 Å². The number of carbonyl (C=O) groups is 1. The van der Waals surface area contributed by atoms with E-state index in [0.29, 0.717) is 16.9 Å². The first kappa shape index (κ1) is 19.5. The zero-order valence-corrected chi connectivity index (χ0v) is 16.5. The Morgan fingerprint density at radius 3 is 2.70 bits per heavy atom. The summed E-state index contributed by atoms with van der Waals surface area (Å²) in [5.41, 5.74) is 1.58. The van der Waals surface area contributed by atoms with E-state index in [-0.39, 0.29) is 16.1 Å². The van der Waals surface area contributed by atoms with Crippen LogP contribution in [0.5, 0.6) is 0 Å². The highest BCUT2D eigenvalue weighted by Crippen LogP contribution is 2.22. The van der Waals surface area contributed by atoms with Gasteiger partial charge in [0, 0.05) is 10.9 Å². The Bertz CT molecular complexity index is 1370. The topological polar surface area (TPSA) is 117 Å². The van der Waals surface area contributed by atoms with E-state index >= 15 is 0 Å². The maximum atomic E-state index is 13.8. The number of rotatable bonds is 5. The van der Waals surface area contributed by atoms with Crippen LogP contribution in [0.15, 0.2) is 65.8 Å². The molecule has 8 nitrogen and oxygen atoms in total. The third-order valence-electron chi connectivity index (χ3n) is 4.43. The number of aryl methyl sites for hydroxylation is 1. The van der Waals surface area contributed by atoms with E-state index in [2.05, 4.69) is 25.2 Å². The van der Waals surface area contributed by atoms with Crippen molar-refractivity contribution in [2.75, 3.05) is 10.0 Å². The molecule has 2 aromatic heterocycles. The van der Waals surface area contributed by atoms with E-state index in [1.54, 1.807) is 19.2 Å². The molecule has 3 N–H and O–H groups in total. The standard InChI is InChI=1S/C20H16FN5O3S/c1-12-6-7-15(30(28,29)26-18-5-3-2-4-17(18)21)9-16(12)20(27)24-14-8-13-10-23-25-19(13)22-11-14/h2-11,26H,1H3,(H,24,27)(H,22,23,25). The van der Waals surface area contributed by atoms with Gasteiger partial charge in [-0.3, -0.25) is 14.6 Å². The number of anilines is 2. The van der Waals surface area contributed by atoms with Crippen LogP contribution in [0.1, 0.15) is 15.9 Å². The highest BCUT2D eigenvalue weighted by molar-refractivity contribution is 7.92. The minimum atomic E-state index is -4.10. The number of H-pyrrole nitrogens is 1. The Kier molecular flexibility index (Phi) is 4.92. The minimum Gasteiger partial charge on any atom is -0.321 e. The number of benzene rings is 2. The summed E-state index contributed by atoms with van der Waals surface area (Å²) in [6, 6.07) is 11.2. The maximum Gasteiger partial charge on any atom is 0.262 e. The number of nitrogens with one attached hydrogen (secondary N) is 3. The zero-order chi connectivity index (χ0) is 21.3. The van der Waals surface area contributed by atoms with Gasteiger partial charge in [0.25, 0.3) is 15.9 Å². The number of amides is 1. The molecule has 0 bridgehead atoms. The van der Waals surface area contributed by atoms with E-state index in [4.69, 9.17) is 0 Å². The van der Waals surface area contributed by atoms with E-state index < -0.39 is 21.7 Å². The van der Waals surface area contributed by atoms with Crippen LogP contribution in [0.2, 0.25) is 0 Å². The number of carbonyl (C=O) groups excluding carboxylic acids is 1. The summed E-state index contributed by atoms with van der Waals surface area (Å²) in [7, 11) is -4.10. The molecule has 0 aliphatic carbocycles. The van der Waals surface area contributed by atoms with Gasteiger partial charge < -0.3 is 5.32 Å². The number of hydrogen-bond acceptors (Lipinski definition) is 5. The molecule has 0 unspecified atom stereocenters. The van der Waals surface area contributed by atoms with Crippen molar-refractivity contribution in [3.05, 3.63) is 77.9 Å². The predicted octanol–water partition coefficient (Wildman–Crippen LogP) is 3.46. The molecule has 0 fully saturated rings. The van der Waals surface area contributed by atoms with Crippen molar-refractivity contribution in [3.63, 3.8) is 0 Å². The molecule has 0 aliphatic heterocycles. The first-order chi connectivity index (χ1) is 14.3. The molecule has 30 heavy (non-hydrogen) atoms. The molecule has 2 heterocycles. The molecular weight excluding hydrogens is 409 g/mol. The lowest BCUT2D eigenvalue weighted by atomic mass is 10.1. The van der Waals surface area contributed by atoms with Crippen LogP contribution >= 0.6 is 0 Å². The molecule has 0 saturated heterocycles. The summed E-state index contributed by atoms with van der Waals surface area (Å²) in [6.07, 6.45) is 3.04. The van der Waals surface area contributed by atoms with Gasteiger partial charge in [0.2, 0.25) is 0 Å². The average molecular weight is 425 g/mol. The molecule has 152 valence electrons. The third-order valence-corrected chi connectivity index (χ3v) is 5.79. The summed E-state index contributed by atoms with van der Waals surface area (Å²) in [6.45, 7) is 1.69. The van der Waals surface area contributed by atoms with Crippen LogP contribution in [0, 0.1) is 12.7 Å². The second-order valence-corrected chi connectivity index (χ2v) is 8.23. The van der Waals surface area contributed by atoms with Gasteiger partial charge in [0.15, 0.2) is 5.65 Å². The number of sulfonamides is 1. The second-order valence-electron chi connectivity index (χ2n) is 6.55. The molecule has 2 aromatic carbocycles. The number of fused-ring (bicyclic) bond motifs is 1. The highest BCUT2D eigenvalue weighted by Gasteiger charge is 2.20. The van der Waals surface area contributed by atoms with Gasteiger partial charge in [-0.2, -0.15) is 5.10 Å². The van der Waals surface area contributed by atoms with Crippen LogP contribution in [0.4, 0.5) is 15.8 Å². The maximum absolute atomic E-state index is 13.8. The summed E-state index contributed by atoms with van der Waals surface area (Å²) in [5, 5.41) is 10.0. The summed E-state index contributed by atoms with van der Waals surface area (Å²) in [4.78, 5) is 16.7. The summed E-state index contributed by atoms with van der Waals surface area (Å²) >= 11 is 0. The van der Waals surface area contributed by atoms with Crippen molar-refractivity contribution >= 4 is 38.3 Å². The first-order valence-corrected chi connectivity index (χ1v) is 10.3. The molecule has 0 atom stereocenters. The van der Waals surface area contributed by atoms with Crippen molar-refractivity contribution in [3.8, 4) is 0 Å². The zero-order valence-electron chi connectivity index (χ0n) is 15.7. The lowest BCUT2D eigenvalue weighted by Crippen LogP contribution is -2.17. The van der Waals surface area contributed by atoms with Crippen LogP contribution < -0.4 is 10.0 Å². The van der Waals surface area contributed by atoms with Gasteiger partial charge in [0.1, 0.15) is 5.82 Å². The molecule has 4 aromatic rings. The Labute approximate surface area is 171 Å². The average Bonchev–Trinajstić information content (AvgIpc) is 3.17. The van der Waals surface area contributed by atoms with Crippen molar-refractivity contribution in [2.24, 2.45) is 0 Å². The number of aromatic nitrogens is 3. The monoisotopic (exact) mass is 425 g/mol. The Hall–Kier alpha value is -3.79. The van der Waals surface area contributed by atoms with Gasteiger partial charge >= 0.3 is 0 Å². The van der Waals surface area contributed by atoms with Crippen LogP contribution in [0.3, 0.4) is 0 Å². The fraction of sp³-hybridized carbons (Fsp3) is 0.0500.